The van der Waals surface area contributed by atoms with Crippen molar-refractivity contribution in [1.29, 1.82) is 0 Å². The zero-order chi connectivity index (χ0) is 16.9. The van der Waals surface area contributed by atoms with E-state index in [1.807, 2.05) is 49.4 Å². The van der Waals surface area contributed by atoms with Gasteiger partial charge in [0.1, 0.15) is 0 Å². The fourth-order valence-electron chi connectivity index (χ4n) is 2.30. The summed E-state index contributed by atoms with van der Waals surface area (Å²) in [5.74, 6) is 0.421. The van der Waals surface area contributed by atoms with Gasteiger partial charge in [-0.2, -0.15) is 0 Å². The Bertz CT molecular complexity index is 848. The van der Waals surface area contributed by atoms with E-state index >= 15 is 0 Å². The van der Waals surface area contributed by atoms with Crippen LogP contribution in [0.1, 0.15) is 21.6 Å². The Morgan fingerprint density at radius 3 is 2.46 bits per heavy atom. The Labute approximate surface area is 145 Å². The highest BCUT2D eigenvalue weighted by atomic mass is 35.5. The third-order valence-electron chi connectivity index (χ3n) is 3.62. The summed E-state index contributed by atoms with van der Waals surface area (Å²) in [7, 11) is 0. The van der Waals surface area contributed by atoms with Crippen LogP contribution < -0.4 is 5.32 Å². The van der Waals surface area contributed by atoms with E-state index in [0.29, 0.717) is 28.6 Å². The molecular weight excluding hydrogens is 322 g/mol. The number of aryl methyl sites for hydroxylation is 1. The summed E-state index contributed by atoms with van der Waals surface area (Å²) in [6, 6.07) is 17.0. The summed E-state index contributed by atoms with van der Waals surface area (Å²) in [4.78, 5) is 21.1. The van der Waals surface area contributed by atoms with E-state index in [1.54, 1.807) is 18.3 Å². The minimum atomic E-state index is -0.193. The van der Waals surface area contributed by atoms with Crippen LogP contribution in [0.2, 0.25) is 5.02 Å². The quantitative estimate of drug-likeness (QED) is 0.781. The van der Waals surface area contributed by atoms with Crippen LogP contribution in [0.25, 0.3) is 11.4 Å². The molecule has 120 valence electrons. The Hall–Kier alpha value is -2.72. The van der Waals surface area contributed by atoms with Gasteiger partial charge in [0.15, 0.2) is 5.82 Å². The molecule has 1 amide bonds. The number of benzene rings is 2. The zero-order valence-corrected chi connectivity index (χ0v) is 13.9. The van der Waals surface area contributed by atoms with E-state index in [2.05, 4.69) is 15.3 Å². The van der Waals surface area contributed by atoms with Gasteiger partial charge in [0.05, 0.1) is 11.3 Å². The lowest BCUT2D eigenvalue weighted by Gasteiger charge is -2.08. The molecule has 0 saturated heterocycles. The van der Waals surface area contributed by atoms with Crippen molar-refractivity contribution in [2.24, 2.45) is 0 Å². The maximum absolute atomic E-state index is 12.3. The van der Waals surface area contributed by atoms with Crippen LogP contribution in [0.15, 0.2) is 60.8 Å². The molecule has 0 aliphatic rings. The van der Waals surface area contributed by atoms with E-state index < -0.39 is 0 Å². The van der Waals surface area contributed by atoms with Crippen molar-refractivity contribution in [3.05, 3.63) is 82.6 Å². The SMILES string of the molecule is Cc1nc(-c2ccccc2)ncc1C(=O)NCc1ccc(Cl)cc1. The number of nitrogens with one attached hydrogen (secondary N) is 1. The van der Waals surface area contributed by atoms with Crippen molar-refractivity contribution in [2.45, 2.75) is 13.5 Å². The Balaban J connectivity index is 1.72. The summed E-state index contributed by atoms with van der Waals surface area (Å²) >= 11 is 5.85. The standard InChI is InChI=1S/C19H16ClN3O/c1-13-17(12-21-18(23-13)15-5-3-2-4-6-15)19(24)22-11-14-7-9-16(20)10-8-14/h2-10,12H,11H2,1H3,(H,22,24). The monoisotopic (exact) mass is 337 g/mol. The molecule has 3 rings (SSSR count). The zero-order valence-electron chi connectivity index (χ0n) is 13.2. The van der Waals surface area contributed by atoms with E-state index in [-0.39, 0.29) is 5.91 Å². The van der Waals surface area contributed by atoms with Crippen LogP contribution in [-0.4, -0.2) is 15.9 Å². The molecule has 0 aliphatic carbocycles. The minimum Gasteiger partial charge on any atom is -0.348 e. The molecule has 0 bridgehead atoms. The van der Waals surface area contributed by atoms with Crippen molar-refractivity contribution in [2.75, 3.05) is 0 Å². The Kier molecular flexibility index (Phi) is 4.87. The molecule has 1 aromatic heterocycles. The predicted octanol–water partition coefficient (Wildman–Crippen LogP) is 4.04. The molecule has 4 nitrogen and oxygen atoms in total. The predicted molar refractivity (Wildman–Crippen MR) is 94.8 cm³/mol. The average Bonchev–Trinajstić information content (AvgIpc) is 2.61. The summed E-state index contributed by atoms with van der Waals surface area (Å²) in [6.45, 7) is 2.24. The first-order valence-corrected chi connectivity index (χ1v) is 7.93. The topological polar surface area (TPSA) is 54.9 Å². The van der Waals surface area contributed by atoms with Crippen LogP contribution in [0.4, 0.5) is 0 Å². The van der Waals surface area contributed by atoms with Crippen LogP contribution in [0, 0.1) is 6.92 Å². The minimum absolute atomic E-state index is 0.193. The molecule has 0 fully saturated rings. The van der Waals surface area contributed by atoms with Gasteiger partial charge >= 0.3 is 0 Å². The second-order valence-corrected chi connectivity index (χ2v) is 5.80. The second-order valence-electron chi connectivity index (χ2n) is 5.37. The van der Waals surface area contributed by atoms with Crippen LogP contribution in [0.3, 0.4) is 0 Å². The fourth-order valence-corrected chi connectivity index (χ4v) is 2.42. The first-order valence-electron chi connectivity index (χ1n) is 7.55. The van der Waals surface area contributed by atoms with Gasteiger partial charge in [-0.25, -0.2) is 9.97 Å². The first kappa shape index (κ1) is 16.1. The highest BCUT2D eigenvalue weighted by Gasteiger charge is 2.12. The molecule has 0 aliphatic heterocycles. The molecule has 2 aromatic carbocycles. The van der Waals surface area contributed by atoms with Gasteiger partial charge in [0.2, 0.25) is 0 Å². The smallest absolute Gasteiger partial charge is 0.254 e. The first-order chi connectivity index (χ1) is 11.6. The summed E-state index contributed by atoms with van der Waals surface area (Å²) in [5, 5.41) is 3.54. The molecule has 0 radical (unpaired) electrons. The van der Waals surface area contributed by atoms with Gasteiger partial charge in [-0.3, -0.25) is 4.79 Å². The number of nitrogens with zero attached hydrogens (tertiary/aromatic N) is 2. The van der Waals surface area contributed by atoms with E-state index in [9.17, 15) is 4.79 Å². The molecule has 5 heteroatoms. The van der Waals surface area contributed by atoms with Crippen LogP contribution in [-0.2, 0) is 6.54 Å². The van der Waals surface area contributed by atoms with Gasteiger partial charge in [-0.15, -0.1) is 0 Å². The number of carbonyl (C=O) groups excluding carboxylic acids is 1. The second kappa shape index (κ2) is 7.23. The summed E-state index contributed by atoms with van der Waals surface area (Å²) in [5.41, 5.74) is 3.03. The summed E-state index contributed by atoms with van der Waals surface area (Å²) in [6.07, 6.45) is 1.57. The Morgan fingerprint density at radius 2 is 1.79 bits per heavy atom. The van der Waals surface area contributed by atoms with Crippen molar-refractivity contribution < 1.29 is 4.79 Å². The molecule has 1 N–H and O–H groups in total. The molecule has 0 saturated carbocycles. The number of halogens is 1. The van der Waals surface area contributed by atoms with Gasteiger partial charge in [-0.05, 0) is 24.6 Å². The third kappa shape index (κ3) is 3.78. The van der Waals surface area contributed by atoms with Crippen molar-refractivity contribution in [3.63, 3.8) is 0 Å². The molecule has 0 spiro atoms. The molecule has 0 unspecified atom stereocenters. The molecule has 24 heavy (non-hydrogen) atoms. The number of hydrogen-bond donors (Lipinski definition) is 1. The maximum Gasteiger partial charge on any atom is 0.254 e. The van der Waals surface area contributed by atoms with Gasteiger partial charge in [0.25, 0.3) is 5.91 Å². The molecular formula is C19H16ClN3O. The number of amides is 1. The lowest BCUT2D eigenvalue weighted by atomic mass is 10.1. The fraction of sp³-hybridized carbons (Fsp3) is 0.105. The normalized spacial score (nSPS) is 10.4. The van der Waals surface area contributed by atoms with Crippen LogP contribution >= 0.6 is 11.6 Å². The van der Waals surface area contributed by atoms with Gasteiger partial charge in [-0.1, -0.05) is 54.1 Å². The van der Waals surface area contributed by atoms with E-state index in [4.69, 9.17) is 11.6 Å². The van der Waals surface area contributed by atoms with Gasteiger partial charge < -0.3 is 5.32 Å². The van der Waals surface area contributed by atoms with E-state index in [1.165, 1.54) is 0 Å². The third-order valence-corrected chi connectivity index (χ3v) is 3.87. The number of hydrogen-bond acceptors (Lipinski definition) is 3. The highest BCUT2D eigenvalue weighted by Crippen LogP contribution is 2.16. The largest absolute Gasteiger partial charge is 0.348 e. The highest BCUT2D eigenvalue weighted by molar-refractivity contribution is 6.30. The van der Waals surface area contributed by atoms with Crippen molar-refractivity contribution >= 4 is 17.5 Å². The number of carbonyl (C=O) groups is 1. The number of aromatic nitrogens is 2. The lowest BCUT2D eigenvalue weighted by Crippen LogP contribution is -2.24. The number of rotatable bonds is 4. The van der Waals surface area contributed by atoms with Crippen LogP contribution in [0.5, 0.6) is 0 Å². The summed E-state index contributed by atoms with van der Waals surface area (Å²) < 4.78 is 0. The molecule has 1 heterocycles. The van der Waals surface area contributed by atoms with Crippen molar-refractivity contribution in [1.82, 2.24) is 15.3 Å². The molecule has 3 aromatic rings. The Morgan fingerprint density at radius 1 is 1.08 bits per heavy atom. The van der Waals surface area contributed by atoms with Crippen molar-refractivity contribution in [3.8, 4) is 11.4 Å². The average molecular weight is 338 g/mol. The lowest BCUT2D eigenvalue weighted by molar-refractivity contribution is 0.0949. The maximum atomic E-state index is 12.3. The van der Waals surface area contributed by atoms with E-state index in [0.717, 1.165) is 11.1 Å². The molecule has 0 atom stereocenters. The van der Waals surface area contributed by atoms with Gasteiger partial charge in [0, 0.05) is 23.3 Å².